The van der Waals surface area contributed by atoms with Crippen molar-refractivity contribution in [2.75, 3.05) is 85.8 Å². The Balaban J connectivity index is 1.68. The van der Waals surface area contributed by atoms with E-state index in [0.717, 1.165) is 25.7 Å². The maximum absolute atomic E-state index is 11.7. The van der Waals surface area contributed by atoms with Crippen molar-refractivity contribution in [2.45, 2.75) is 56.8 Å². The highest BCUT2D eigenvalue weighted by atomic mass is 32.1. The molecular weight excluding hydrogens is 494 g/mol. The first-order chi connectivity index (χ1) is 17.6. The predicted octanol–water partition coefficient (Wildman–Crippen LogP) is 2.35. The number of Topliss-reactive ketones (excluding diaryl/α,β-unsaturated/α-hetero) is 1. The van der Waals surface area contributed by atoms with Gasteiger partial charge in [0.15, 0.2) is 0 Å². The smallest absolute Gasteiger partial charge is 0.407 e. The lowest BCUT2D eigenvalue weighted by Gasteiger charge is -2.25. The van der Waals surface area contributed by atoms with Crippen molar-refractivity contribution in [3.05, 3.63) is 0 Å². The summed E-state index contributed by atoms with van der Waals surface area (Å²) in [6, 6.07) is 0. The first-order valence-electron chi connectivity index (χ1n) is 12.8. The van der Waals surface area contributed by atoms with Gasteiger partial charge in [0.25, 0.3) is 0 Å². The van der Waals surface area contributed by atoms with Gasteiger partial charge in [-0.05, 0) is 39.0 Å². The van der Waals surface area contributed by atoms with Crippen LogP contribution in [-0.2, 0) is 43.0 Å². The lowest BCUT2D eigenvalue weighted by molar-refractivity contribution is -0.299. The van der Waals surface area contributed by atoms with Crippen LogP contribution < -0.4 is 5.32 Å². The molecule has 0 heterocycles. The van der Waals surface area contributed by atoms with Gasteiger partial charge < -0.3 is 38.5 Å². The molecule has 1 amide bonds. The van der Waals surface area contributed by atoms with E-state index in [9.17, 15) is 9.59 Å². The Bertz CT molecular complexity index is 535. The first-order valence-corrected chi connectivity index (χ1v) is 13.3. The van der Waals surface area contributed by atoms with Gasteiger partial charge in [-0.25, -0.2) is 14.6 Å². The summed E-state index contributed by atoms with van der Waals surface area (Å²) in [6.07, 6.45) is 4.49. The Kier molecular flexibility index (Phi) is 22.3. The third-order valence-corrected chi connectivity index (χ3v) is 5.59. The molecule has 1 rings (SSSR count). The minimum absolute atomic E-state index is 0.00143. The third-order valence-electron chi connectivity index (χ3n) is 5.07. The van der Waals surface area contributed by atoms with Crippen molar-refractivity contribution < 1.29 is 47.8 Å². The molecule has 212 valence electrons. The van der Waals surface area contributed by atoms with Crippen molar-refractivity contribution >= 4 is 24.5 Å². The molecule has 1 saturated carbocycles. The van der Waals surface area contributed by atoms with Gasteiger partial charge in [0.1, 0.15) is 18.5 Å². The number of hydrogen-bond acceptors (Lipinski definition) is 11. The number of nitrogens with one attached hydrogen (secondary N) is 1. The van der Waals surface area contributed by atoms with E-state index >= 15 is 0 Å². The number of alkyl carbamates (subject to hydrolysis) is 1. The summed E-state index contributed by atoms with van der Waals surface area (Å²) in [7, 11) is 0. The van der Waals surface area contributed by atoms with Crippen LogP contribution in [0.2, 0.25) is 0 Å². The minimum Gasteiger partial charge on any atom is -0.446 e. The van der Waals surface area contributed by atoms with E-state index in [0.29, 0.717) is 104 Å². The van der Waals surface area contributed by atoms with Crippen molar-refractivity contribution in [3.63, 3.8) is 0 Å². The lowest BCUT2D eigenvalue weighted by atomic mass is 9.97. The summed E-state index contributed by atoms with van der Waals surface area (Å²) in [5, 5.41) is 3.13. The predicted molar refractivity (Wildman–Crippen MR) is 135 cm³/mol. The van der Waals surface area contributed by atoms with Gasteiger partial charge in [-0.2, -0.15) is 12.6 Å². The van der Waals surface area contributed by atoms with Gasteiger partial charge in [-0.3, -0.25) is 0 Å². The summed E-state index contributed by atoms with van der Waals surface area (Å²) < 4.78 is 32.4. The Hall–Kier alpha value is -0.990. The van der Waals surface area contributed by atoms with Gasteiger partial charge in [0, 0.05) is 18.2 Å². The number of hydrogen-bond donors (Lipinski definition) is 2. The van der Waals surface area contributed by atoms with Crippen molar-refractivity contribution in [3.8, 4) is 0 Å². The molecule has 0 spiro atoms. The Morgan fingerprint density at radius 1 is 0.694 bits per heavy atom. The van der Waals surface area contributed by atoms with E-state index in [1.54, 1.807) is 6.92 Å². The van der Waals surface area contributed by atoms with Crippen LogP contribution in [0.1, 0.15) is 45.4 Å². The highest BCUT2D eigenvalue weighted by Gasteiger charge is 2.21. The zero-order valence-electron chi connectivity index (χ0n) is 21.6. The van der Waals surface area contributed by atoms with Gasteiger partial charge in [0.05, 0.1) is 72.7 Å². The molecule has 0 atom stereocenters. The van der Waals surface area contributed by atoms with Crippen LogP contribution in [0.5, 0.6) is 0 Å². The molecule has 0 bridgehead atoms. The van der Waals surface area contributed by atoms with Crippen LogP contribution >= 0.6 is 12.6 Å². The molecule has 0 aromatic carbocycles. The van der Waals surface area contributed by atoms with E-state index in [-0.39, 0.29) is 18.0 Å². The van der Waals surface area contributed by atoms with Crippen LogP contribution in [0.3, 0.4) is 0 Å². The number of rotatable bonds is 24. The number of ether oxygens (including phenoxy) is 6. The molecule has 1 aliphatic carbocycles. The van der Waals surface area contributed by atoms with Crippen LogP contribution in [0.4, 0.5) is 4.79 Å². The summed E-state index contributed by atoms with van der Waals surface area (Å²) in [5.74, 6) is 0.145. The molecule has 0 saturated heterocycles. The average molecular weight is 540 g/mol. The summed E-state index contributed by atoms with van der Waals surface area (Å²) in [6.45, 7) is 7.26. The highest BCUT2D eigenvalue weighted by Crippen LogP contribution is 2.24. The van der Waals surface area contributed by atoms with E-state index in [4.69, 9.17) is 38.2 Å². The molecule has 0 aliphatic heterocycles. The topological polar surface area (TPSA) is 120 Å². The SMILES string of the molecule is CC(=O)CCCOOCCOCCOCCOCCOCCOCCNC(=O)OC1CCC(S)CC1. The fourth-order valence-corrected chi connectivity index (χ4v) is 3.45. The molecule has 1 N–H and O–H groups in total. The second-order valence-corrected chi connectivity index (χ2v) is 9.00. The molecule has 12 heteroatoms. The summed E-state index contributed by atoms with van der Waals surface area (Å²) in [4.78, 5) is 32.4. The number of carbonyl (C=O) groups is 2. The average Bonchev–Trinajstić information content (AvgIpc) is 2.85. The number of carbonyl (C=O) groups excluding carboxylic acids is 2. The van der Waals surface area contributed by atoms with E-state index < -0.39 is 0 Å². The second kappa shape index (κ2) is 24.4. The molecule has 1 aliphatic rings. The quantitative estimate of drug-likeness (QED) is 0.0819. The maximum Gasteiger partial charge on any atom is 0.407 e. The van der Waals surface area contributed by atoms with E-state index in [1.807, 2.05) is 0 Å². The minimum atomic E-state index is -0.388. The molecule has 36 heavy (non-hydrogen) atoms. The Labute approximate surface area is 220 Å². The molecule has 0 aromatic heterocycles. The molecule has 0 unspecified atom stereocenters. The van der Waals surface area contributed by atoms with Crippen molar-refractivity contribution in [2.24, 2.45) is 0 Å². The summed E-state index contributed by atoms with van der Waals surface area (Å²) in [5.41, 5.74) is 0. The van der Waals surface area contributed by atoms with Crippen LogP contribution in [0.25, 0.3) is 0 Å². The Morgan fingerprint density at radius 3 is 1.69 bits per heavy atom. The van der Waals surface area contributed by atoms with Gasteiger partial charge in [-0.15, -0.1) is 0 Å². The van der Waals surface area contributed by atoms with Crippen LogP contribution in [-0.4, -0.2) is 109 Å². The fourth-order valence-electron chi connectivity index (χ4n) is 3.15. The largest absolute Gasteiger partial charge is 0.446 e. The molecule has 0 radical (unpaired) electrons. The Morgan fingerprint density at radius 2 is 1.17 bits per heavy atom. The van der Waals surface area contributed by atoms with Gasteiger partial charge >= 0.3 is 6.09 Å². The fraction of sp³-hybridized carbons (Fsp3) is 0.917. The van der Waals surface area contributed by atoms with Crippen LogP contribution in [0, 0.1) is 0 Å². The highest BCUT2D eigenvalue weighted by molar-refractivity contribution is 7.80. The number of thiol groups is 1. The molecule has 11 nitrogen and oxygen atoms in total. The monoisotopic (exact) mass is 539 g/mol. The van der Waals surface area contributed by atoms with Crippen molar-refractivity contribution in [1.29, 1.82) is 0 Å². The standard InChI is InChI=1S/C24H45NO10S/c1-21(26)3-2-9-33-34-20-19-32-18-17-31-16-15-30-14-13-29-12-11-28-10-8-25-24(27)35-22-4-6-23(36)7-5-22/h22-23,36H,2-20H2,1H3,(H,25,27). The first kappa shape index (κ1) is 33.0. The third kappa shape index (κ3) is 22.2. The van der Waals surface area contributed by atoms with Gasteiger partial charge in [0.2, 0.25) is 0 Å². The molecule has 0 aromatic rings. The number of amides is 1. The molecular formula is C24H45NO10S. The zero-order valence-corrected chi connectivity index (χ0v) is 22.5. The van der Waals surface area contributed by atoms with Crippen molar-refractivity contribution in [1.82, 2.24) is 5.32 Å². The lowest BCUT2D eigenvalue weighted by Crippen LogP contribution is -2.33. The molecule has 1 fully saturated rings. The maximum atomic E-state index is 11.7. The normalized spacial score (nSPS) is 17.7. The number of ketones is 1. The summed E-state index contributed by atoms with van der Waals surface area (Å²) >= 11 is 4.44. The van der Waals surface area contributed by atoms with E-state index in [1.165, 1.54) is 0 Å². The van der Waals surface area contributed by atoms with Gasteiger partial charge in [-0.1, -0.05) is 0 Å². The second-order valence-electron chi connectivity index (χ2n) is 8.27. The van der Waals surface area contributed by atoms with E-state index in [2.05, 4.69) is 17.9 Å². The van der Waals surface area contributed by atoms with Crippen LogP contribution in [0.15, 0.2) is 0 Å². The zero-order chi connectivity index (χ0) is 26.1.